The Morgan fingerprint density at radius 2 is 2.16 bits per heavy atom. The van der Waals surface area contributed by atoms with Crippen molar-refractivity contribution in [3.05, 3.63) is 59.9 Å². The molecule has 3 aromatic rings. The second-order valence-electron chi connectivity index (χ2n) is 5.77. The summed E-state index contributed by atoms with van der Waals surface area (Å²) < 4.78 is 18.5. The number of fused-ring (bicyclic) bond motifs is 1. The van der Waals surface area contributed by atoms with Gasteiger partial charge in [-0.15, -0.1) is 0 Å². The van der Waals surface area contributed by atoms with Crippen LogP contribution in [0, 0.1) is 5.82 Å². The molecule has 1 unspecified atom stereocenters. The highest BCUT2D eigenvalue weighted by Gasteiger charge is 2.17. The minimum absolute atomic E-state index is 0.0548. The van der Waals surface area contributed by atoms with Gasteiger partial charge >= 0.3 is 0 Å². The van der Waals surface area contributed by atoms with E-state index in [2.05, 4.69) is 15.6 Å². The second kappa shape index (κ2) is 7.21. The average Bonchev–Trinajstić information content (AvgIpc) is 3.22. The lowest BCUT2D eigenvalue weighted by Crippen LogP contribution is -2.45. The zero-order valence-electron chi connectivity index (χ0n) is 13.6. The van der Waals surface area contributed by atoms with Gasteiger partial charge in [-0.25, -0.2) is 4.39 Å². The van der Waals surface area contributed by atoms with Crippen molar-refractivity contribution >= 4 is 22.7 Å². The van der Waals surface area contributed by atoms with E-state index in [-0.39, 0.29) is 30.6 Å². The van der Waals surface area contributed by atoms with Crippen LogP contribution in [0.2, 0.25) is 0 Å². The fraction of sp³-hybridized carbons (Fsp3) is 0.222. The predicted octanol–water partition coefficient (Wildman–Crippen LogP) is 2.26. The minimum Gasteiger partial charge on any atom is -0.467 e. The molecule has 1 atom stereocenters. The topological polar surface area (TPSA) is 87.1 Å². The van der Waals surface area contributed by atoms with Gasteiger partial charge in [0, 0.05) is 17.1 Å². The number of aromatic nitrogens is 1. The van der Waals surface area contributed by atoms with Crippen LogP contribution in [-0.4, -0.2) is 22.8 Å². The summed E-state index contributed by atoms with van der Waals surface area (Å²) in [7, 11) is 0. The summed E-state index contributed by atoms with van der Waals surface area (Å²) in [6, 6.07) is 7.15. The molecule has 7 heteroatoms. The van der Waals surface area contributed by atoms with Crippen LogP contribution in [0.15, 0.2) is 47.2 Å². The highest BCUT2D eigenvalue weighted by atomic mass is 19.1. The molecule has 0 aliphatic heterocycles. The number of furan rings is 1. The zero-order valence-corrected chi connectivity index (χ0v) is 13.6. The number of carbonyl (C=O) groups is 2. The number of hydrogen-bond acceptors (Lipinski definition) is 3. The number of aromatic amines is 1. The van der Waals surface area contributed by atoms with Gasteiger partial charge in [0.2, 0.25) is 11.8 Å². The summed E-state index contributed by atoms with van der Waals surface area (Å²) in [6.45, 7) is 1.86. The predicted molar refractivity (Wildman–Crippen MR) is 90.1 cm³/mol. The van der Waals surface area contributed by atoms with Gasteiger partial charge in [0.05, 0.1) is 19.2 Å². The molecule has 0 aliphatic carbocycles. The molecule has 0 spiro atoms. The largest absolute Gasteiger partial charge is 0.467 e. The third kappa shape index (κ3) is 4.06. The number of rotatable bonds is 6. The third-order valence-corrected chi connectivity index (χ3v) is 3.87. The van der Waals surface area contributed by atoms with E-state index in [1.165, 1.54) is 18.4 Å². The van der Waals surface area contributed by atoms with Crippen molar-refractivity contribution in [2.24, 2.45) is 0 Å². The molecular formula is C18H18FN3O3. The van der Waals surface area contributed by atoms with E-state index >= 15 is 0 Å². The van der Waals surface area contributed by atoms with Crippen LogP contribution < -0.4 is 10.6 Å². The van der Waals surface area contributed by atoms with Crippen molar-refractivity contribution in [2.75, 3.05) is 0 Å². The molecule has 2 heterocycles. The first-order chi connectivity index (χ1) is 12.0. The van der Waals surface area contributed by atoms with E-state index in [1.54, 1.807) is 31.3 Å². The van der Waals surface area contributed by atoms with Crippen LogP contribution in [0.4, 0.5) is 4.39 Å². The third-order valence-electron chi connectivity index (χ3n) is 3.87. The molecule has 2 amide bonds. The number of nitrogens with one attached hydrogen (secondary N) is 3. The fourth-order valence-corrected chi connectivity index (χ4v) is 2.57. The highest BCUT2D eigenvalue weighted by molar-refractivity contribution is 5.91. The molecule has 3 rings (SSSR count). The van der Waals surface area contributed by atoms with Crippen molar-refractivity contribution in [2.45, 2.75) is 25.9 Å². The van der Waals surface area contributed by atoms with Crippen molar-refractivity contribution in [1.82, 2.24) is 15.6 Å². The number of hydrogen-bond donors (Lipinski definition) is 3. The van der Waals surface area contributed by atoms with Crippen molar-refractivity contribution < 1.29 is 18.4 Å². The van der Waals surface area contributed by atoms with Crippen LogP contribution in [0.1, 0.15) is 18.2 Å². The molecule has 0 saturated heterocycles. The second-order valence-corrected chi connectivity index (χ2v) is 5.77. The Morgan fingerprint density at radius 1 is 1.32 bits per heavy atom. The quantitative estimate of drug-likeness (QED) is 0.642. The van der Waals surface area contributed by atoms with E-state index in [0.29, 0.717) is 16.7 Å². The van der Waals surface area contributed by atoms with Crippen molar-refractivity contribution in [3.8, 4) is 0 Å². The SMILES string of the molecule is CC(NC(=O)Cc1c[nH]c2ccc(F)cc12)C(=O)NCc1ccco1. The number of halogens is 1. The Bertz CT molecular complexity index is 886. The van der Waals surface area contributed by atoms with Gasteiger partial charge in [-0.05, 0) is 42.8 Å². The molecule has 0 bridgehead atoms. The first kappa shape index (κ1) is 16.8. The summed E-state index contributed by atoms with van der Waals surface area (Å²) in [4.78, 5) is 27.2. The molecule has 0 fully saturated rings. The lowest BCUT2D eigenvalue weighted by molar-refractivity contribution is -0.128. The maximum absolute atomic E-state index is 13.4. The summed E-state index contributed by atoms with van der Waals surface area (Å²) in [5.41, 5.74) is 1.43. The van der Waals surface area contributed by atoms with Gasteiger partial charge in [0.1, 0.15) is 17.6 Å². The molecule has 3 N–H and O–H groups in total. The average molecular weight is 343 g/mol. The summed E-state index contributed by atoms with van der Waals surface area (Å²) in [6.07, 6.45) is 3.25. The maximum Gasteiger partial charge on any atom is 0.242 e. The van der Waals surface area contributed by atoms with E-state index in [0.717, 1.165) is 5.52 Å². The molecule has 25 heavy (non-hydrogen) atoms. The highest BCUT2D eigenvalue weighted by Crippen LogP contribution is 2.19. The Labute approximate surface area is 143 Å². The molecule has 0 aliphatic rings. The van der Waals surface area contributed by atoms with Crippen molar-refractivity contribution in [1.29, 1.82) is 0 Å². The number of amides is 2. The van der Waals surface area contributed by atoms with Gasteiger partial charge in [0.25, 0.3) is 0 Å². The van der Waals surface area contributed by atoms with Gasteiger partial charge in [-0.3, -0.25) is 9.59 Å². The van der Waals surface area contributed by atoms with Crippen LogP contribution in [-0.2, 0) is 22.6 Å². The molecule has 0 saturated carbocycles. The lowest BCUT2D eigenvalue weighted by Gasteiger charge is -2.13. The smallest absolute Gasteiger partial charge is 0.242 e. The Balaban J connectivity index is 1.55. The van der Waals surface area contributed by atoms with Gasteiger partial charge < -0.3 is 20.0 Å². The minimum atomic E-state index is -0.690. The molecular weight excluding hydrogens is 325 g/mol. The number of benzene rings is 1. The Hall–Kier alpha value is -3.09. The molecule has 2 aromatic heterocycles. The van der Waals surface area contributed by atoms with Gasteiger partial charge in [0.15, 0.2) is 0 Å². The van der Waals surface area contributed by atoms with E-state index in [1.807, 2.05) is 0 Å². The standard InChI is InChI=1S/C18H18FN3O3/c1-11(18(24)21-10-14-3-2-6-25-14)22-17(23)7-12-9-20-16-5-4-13(19)8-15(12)16/h2-6,8-9,11,20H,7,10H2,1H3,(H,21,24)(H,22,23). The molecule has 6 nitrogen and oxygen atoms in total. The number of H-pyrrole nitrogens is 1. The Morgan fingerprint density at radius 3 is 2.92 bits per heavy atom. The number of carbonyl (C=O) groups excluding carboxylic acids is 2. The van der Waals surface area contributed by atoms with Gasteiger partial charge in [-0.1, -0.05) is 0 Å². The molecule has 130 valence electrons. The summed E-state index contributed by atoms with van der Waals surface area (Å²) in [5.74, 6) is -0.354. The van der Waals surface area contributed by atoms with Gasteiger partial charge in [-0.2, -0.15) is 0 Å². The normalized spacial score (nSPS) is 12.1. The van der Waals surface area contributed by atoms with Crippen LogP contribution >= 0.6 is 0 Å². The van der Waals surface area contributed by atoms with E-state index in [9.17, 15) is 14.0 Å². The van der Waals surface area contributed by atoms with E-state index in [4.69, 9.17) is 4.42 Å². The molecule has 0 radical (unpaired) electrons. The Kier molecular flexibility index (Phi) is 4.83. The van der Waals surface area contributed by atoms with Crippen LogP contribution in [0.3, 0.4) is 0 Å². The summed E-state index contributed by atoms with van der Waals surface area (Å²) >= 11 is 0. The van der Waals surface area contributed by atoms with Crippen molar-refractivity contribution in [3.63, 3.8) is 0 Å². The monoisotopic (exact) mass is 343 g/mol. The first-order valence-corrected chi connectivity index (χ1v) is 7.88. The van der Waals surface area contributed by atoms with E-state index < -0.39 is 6.04 Å². The maximum atomic E-state index is 13.4. The summed E-state index contributed by atoms with van der Waals surface area (Å²) in [5, 5.41) is 5.98. The fourth-order valence-electron chi connectivity index (χ4n) is 2.57. The van der Waals surface area contributed by atoms with Crippen LogP contribution in [0.25, 0.3) is 10.9 Å². The zero-order chi connectivity index (χ0) is 17.8. The van der Waals surface area contributed by atoms with Crippen LogP contribution in [0.5, 0.6) is 0 Å². The molecule has 1 aromatic carbocycles. The first-order valence-electron chi connectivity index (χ1n) is 7.88. The lowest BCUT2D eigenvalue weighted by atomic mass is 10.1.